The summed E-state index contributed by atoms with van der Waals surface area (Å²) in [5.41, 5.74) is 14.4. The lowest BCUT2D eigenvalue weighted by molar-refractivity contribution is -0.139. The standard InChI is InChI=1S/C31H32N4O3/c1-35(28(29(33)36)19-21-8-3-2-4-9-21)31(38)27(34-30(37)26-13-7-10-23(17-26)20-32)18-22-14-15-24-11-5-6-12-25(24)16-22/h2-17,27-28H,18-20,32H2,1H3,(H2,33,36)(H,34,37)/t27-,28-/m1/s1. The SMILES string of the molecule is CN(C(=O)[C@@H](Cc1ccc2ccccc2c1)NC(=O)c1cccc(CN)c1)[C@H](Cc1ccccc1)C(N)=O. The van der Waals surface area contributed by atoms with E-state index in [2.05, 4.69) is 5.32 Å². The third-order valence-electron chi connectivity index (χ3n) is 6.70. The predicted octanol–water partition coefficient (Wildman–Crippen LogP) is 3.19. The Morgan fingerprint density at radius 2 is 1.45 bits per heavy atom. The summed E-state index contributed by atoms with van der Waals surface area (Å²) in [5.74, 6) is -1.41. The second kappa shape index (κ2) is 12.2. The molecule has 3 amide bonds. The van der Waals surface area contributed by atoms with Crippen LogP contribution in [0, 0.1) is 0 Å². The lowest BCUT2D eigenvalue weighted by Crippen LogP contribution is -2.55. The lowest BCUT2D eigenvalue weighted by atomic mass is 9.99. The van der Waals surface area contributed by atoms with Crippen molar-refractivity contribution >= 4 is 28.5 Å². The van der Waals surface area contributed by atoms with Gasteiger partial charge in [-0.3, -0.25) is 14.4 Å². The number of nitrogens with two attached hydrogens (primary N) is 2. The number of carbonyl (C=O) groups excluding carboxylic acids is 3. The van der Waals surface area contributed by atoms with Crippen molar-refractivity contribution in [3.05, 3.63) is 119 Å². The maximum absolute atomic E-state index is 13.8. The number of hydrogen-bond acceptors (Lipinski definition) is 4. The Balaban J connectivity index is 1.63. The van der Waals surface area contributed by atoms with Gasteiger partial charge in [-0.25, -0.2) is 0 Å². The first-order valence-corrected chi connectivity index (χ1v) is 12.5. The van der Waals surface area contributed by atoms with Crippen LogP contribution >= 0.6 is 0 Å². The highest BCUT2D eigenvalue weighted by Gasteiger charge is 2.31. The number of nitrogens with one attached hydrogen (secondary N) is 1. The summed E-state index contributed by atoms with van der Waals surface area (Å²) in [6, 6.07) is 28.4. The Morgan fingerprint density at radius 3 is 2.16 bits per heavy atom. The van der Waals surface area contributed by atoms with Crippen molar-refractivity contribution in [1.29, 1.82) is 0 Å². The smallest absolute Gasteiger partial charge is 0.251 e. The Hall–Kier alpha value is -4.49. The second-order valence-corrected chi connectivity index (χ2v) is 9.37. The number of primary amides is 1. The minimum absolute atomic E-state index is 0.243. The average molecular weight is 509 g/mol. The van der Waals surface area contributed by atoms with E-state index in [1.807, 2.05) is 78.9 Å². The maximum Gasteiger partial charge on any atom is 0.251 e. The molecule has 2 atom stereocenters. The van der Waals surface area contributed by atoms with E-state index in [-0.39, 0.29) is 12.8 Å². The molecule has 5 N–H and O–H groups in total. The van der Waals surface area contributed by atoms with E-state index >= 15 is 0 Å². The van der Waals surface area contributed by atoms with Gasteiger partial charge in [0, 0.05) is 32.0 Å². The quantitative estimate of drug-likeness (QED) is 0.305. The summed E-state index contributed by atoms with van der Waals surface area (Å²) in [6.45, 7) is 0.295. The minimum atomic E-state index is -0.923. The molecule has 0 aliphatic rings. The maximum atomic E-state index is 13.8. The molecule has 0 saturated heterocycles. The van der Waals surface area contributed by atoms with E-state index in [0.717, 1.165) is 27.5 Å². The van der Waals surface area contributed by atoms with E-state index in [9.17, 15) is 14.4 Å². The van der Waals surface area contributed by atoms with Gasteiger partial charge in [0.15, 0.2) is 0 Å². The number of nitrogens with zero attached hydrogens (tertiary/aromatic N) is 1. The van der Waals surface area contributed by atoms with Gasteiger partial charge in [-0.2, -0.15) is 0 Å². The molecule has 4 aromatic rings. The van der Waals surface area contributed by atoms with Gasteiger partial charge in [-0.15, -0.1) is 0 Å². The largest absolute Gasteiger partial charge is 0.368 e. The molecular weight excluding hydrogens is 476 g/mol. The van der Waals surface area contributed by atoms with Crippen LogP contribution in [0.1, 0.15) is 27.0 Å². The van der Waals surface area contributed by atoms with Crippen LogP contribution in [-0.4, -0.2) is 41.8 Å². The van der Waals surface area contributed by atoms with Crippen LogP contribution in [0.3, 0.4) is 0 Å². The van der Waals surface area contributed by atoms with Crippen LogP contribution in [0.2, 0.25) is 0 Å². The first-order valence-electron chi connectivity index (χ1n) is 12.5. The van der Waals surface area contributed by atoms with E-state index in [4.69, 9.17) is 11.5 Å². The van der Waals surface area contributed by atoms with E-state index in [1.165, 1.54) is 4.90 Å². The highest BCUT2D eigenvalue weighted by atomic mass is 16.2. The molecular formula is C31H32N4O3. The fourth-order valence-electron chi connectivity index (χ4n) is 4.55. The van der Waals surface area contributed by atoms with Crippen LogP contribution in [0.15, 0.2) is 97.1 Å². The monoisotopic (exact) mass is 508 g/mol. The highest BCUT2D eigenvalue weighted by molar-refractivity contribution is 5.98. The van der Waals surface area contributed by atoms with E-state index in [0.29, 0.717) is 12.1 Å². The average Bonchev–Trinajstić information content (AvgIpc) is 2.95. The Bertz CT molecular complexity index is 1440. The Morgan fingerprint density at radius 1 is 0.763 bits per heavy atom. The van der Waals surface area contributed by atoms with Crippen LogP contribution in [0.4, 0.5) is 0 Å². The van der Waals surface area contributed by atoms with E-state index in [1.54, 1.807) is 25.2 Å². The molecule has 0 heterocycles. The van der Waals surface area contributed by atoms with Crippen molar-refractivity contribution in [2.45, 2.75) is 31.5 Å². The predicted molar refractivity (Wildman–Crippen MR) is 149 cm³/mol. The number of amides is 3. The number of rotatable bonds is 10. The van der Waals surface area contributed by atoms with Gasteiger partial charge in [0.05, 0.1) is 0 Å². The molecule has 0 aliphatic carbocycles. The fraction of sp³-hybridized carbons (Fsp3) is 0.194. The molecule has 7 heteroatoms. The third-order valence-corrected chi connectivity index (χ3v) is 6.70. The zero-order valence-corrected chi connectivity index (χ0v) is 21.3. The molecule has 0 bridgehead atoms. The van der Waals surface area contributed by atoms with Crippen molar-refractivity contribution in [3.8, 4) is 0 Å². The number of benzene rings is 4. The van der Waals surface area contributed by atoms with Crippen LogP contribution < -0.4 is 16.8 Å². The van der Waals surface area contributed by atoms with Gasteiger partial charge in [0.2, 0.25) is 11.8 Å². The zero-order chi connectivity index (χ0) is 27.1. The van der Waals surface area contributed by atoms with Gasteiger partial charge in [0.1, 0.15) is 12.1 Å². The molecule has 4 rings (SSSR count). The highest BCUT2D eigenvalue weighted by Crippen LogP contribution is 2.18. The van der Waals surface area contributed by atoms with Gasteiger partial charge in [0.25, 0.3) is 5.91 Å². The molecule has 0 aromatic heterocycles. The number of fused-ring (bicyclic) bond motifs is 1. The summed E-state index contributed by atoms with van der Waals surface area (Å²) in [7, 11) is 1.55. The summed E-state index contributed by atoms with van der Waals surface area (Å²) >= 11 is 0. The molecule has 4 aromatic carbocycles. The second-order valence-electron chi connectivity index (χ2n) is 9.37. The van der Waals surface area contributed by atoms with Crippen molar-refractivity contribution in [3.63, 3.8) is 0 Å². The number of likely N-dealkylation sites (N-methyl/N-ethyl adjacent to an activating group) is 1. The molecule has 0 radical (unpaired) electrons. The zero-order valence-electron chi connectivity index (χ0n) is 21.3. The number of carbonyl (C=O) groups is 3. The summed E-state index contributed by atoms with van der Waals surface area (Å²) in [4.78, 5) is 40.8. The minimum Gasteiger partial charge on any atom is -0.368 e. The Kier molecular flexibility index (Phi) is 8.51. The van der Waals surface area contributed by atoms with Crippen LogP contribution in [-0.2, 0) is 29.0 Å². The summed E-state index contributed by atoms with van der Waals surface area (Å²) in [6.07, 6.45) is 0.515. The van der Waals surface area contributed by atoms with E-state index < -0.39 is 29.8 Å². The molecule has 7 nitrogen and oxygen atoms in total. The molecule has 38 heavy (non-hydrogen) atoms. The molecule has 0 aliphatic heterocycles. The molecule has 0 unspecified atom stereocenters. The van der Waals surface area contributed by atoms with Crippen LogP contribution in [0.25, 0.3) is 10.8 Å². The van der Waals surface area contributed by atoms with Crippen LogP contribution in [0.5, 0.6) is 0 Å². The van der Waals surface area contributed by atoms with Gasteiger partial charge >= 0.3 is 0 Å². The molecule has 0 fully saturated rings. The third kappa shape index (κ3) is 6.44. The molecule has 0 spiro atoms. The topological polar surface area (TPSA) is 119 Å². The first kappa shape index (κ1) is 26.6. The van der Waals surface area contributed by atoms with Gasteiger partial charge in [-0.1, -0.05) is 84.9 Å². The Labute approximate surface area is 222 Å². The molecule has 194 valence electrons. The molecule has 0 saturated carbocycles. The van der Waals surface area contributed by atoms with Crippen molar-refractivity contribution in [2.75, 3.05) is 7.05 Å². The summed E-state index contributed by atoms with van der Waals surface area (Å²) in [5, 5.41) is 5.01. The summed E-state index contributed by atoms with van der Waals surface area (Å²) < 4.78 is 0. The van der Waals surface area contributed by atoms with Crippen molar-refractivity contribution in [2.24, 2.45) is 11.5 Å². The van der Waals surface area contributed by atoms with Crippen molar-refractivity contribution in [1.82, 2.24) is 10.2 Å². The first-order chi connectivity index (χ1) is 18.4. The van der Waals surface area contributed by atoms with Crippen molar-refractivity contribution < 1.29 is 14.4 Å². The fourth-order valence-corrected chi connectivity index (χ4v) is 4.55. The van der Waals surface area contributed by atoms with Gasteiger partial charge in [-0.05, 0) is 39.6 Å². The normalized spacial score (nSPS) is 12.5. The lowest BCUT2D eigenvalue weighted by Gasteiger charge is -2.30. The number of hydrogen-bond donors (Lipinski definition) is 3. The van der Waals surface area contributed by atoms with Gasteiger partial charge < -0.3 is 21.7 Å².